The number of hydrogen-bond acceptors (Lipinski definition) is 3. The zero-order chi connectivity index (χ0) is 22.3. The van der Waals surface area contributed by atoms with Gasteiger partial charge in [0.15, 0.2) is 6.61 Å². The van der Waals surface area contributed by atoms with Crippen LogP contribution in [0.5, 0.6) is 5.75 Å². The monoisotopic (exact) mass is 414 g/mol. The van der Waals surface area contributed by atoms with Crippen molar-refractivity contribution in [2.24, 2.45) is 0 Å². The molecule has 2 atom stereocenters. The molecule has 2 unspecified atom stereocenters. The van der Waals surface area contributed by atoms with Gasteiger partial charge in [0.05, 0.1) is 0 Å². The molecule has 0 aromatic heterocycles. The quantitative estimate of drug-likeness (QED) is 0.671. The molecule has 2 amide bonds. The van der Waals surface area contributed by atoms with Gasteiger partial charge < -0.3 is 15.0 Å². The molecule has 5 nitrogen and oxygen atoms in total. The third-order valence-corrected chi connectivity index (χ3v) is 5.12. The first-order chi connectivity index (χ1) is 14.2. The lowest BCUT2D eigenvalue weighted by Gasteiger charge is -2.29. The van der Waals surface area contributed by atoms with E-state index in [1.54, 1.807) is 19.1 Å². The van der Waals surface area contributed by atoms with Crippen LogP contribution in [0.25, 0.3) is 0 Å². The molecule has 30 heavy (non-hydrogen) atoms. The maximum atomic E-state index is 13.3. The second-order valence-electron chi connectivity index (χ2n) is 7.70. The number of nitrogens with zero attached hydrogens (tertiary/aromatic N) is 1. The van der Waals surface area contributed by atoms with Crippen molar-refractivity contribution in [1.82, 2.24) is 10.2 Å². The van der Waals surface area contributed by atoms with Crippen LogP contribution in [-0.2, 0) is 16.1 Å². The normalized spacial score (nSPS) is 12.7. The molecule has 0 fully saturated rings. The van der Waals surface area contributed by atoms with Crippen LogP contribution in [0.4, 0.5) is 4.39 Å². The summed E-state index contributed by atoms with van der Waals surface area (Å²) in [6, 6.07) is 11.0. The van der Waals surface area contributed by atoms with Crippen molar-refractivity contribution in [2.75, 3.05) is 6.61 Å². The van der Waals surface area contributed by atoms with Gasteiger partial charge in [0, 0.05) is 12.6 Å². The molecule has 2 aromatic carbocycles. The molecule has 0 aliphatic heterocycles. The average Bonchev–Trinajstić information content (AvgIpc) is 2.71. The zero-order valence-electron chi connectivity index (χ0n) is 18.4. The van der Waals surface area contributed by atoms with Gasteiger partial charge in [-0.05, 0) is 63.4 Å². The number of ether oxygens (including phenoxy) is 1. The number of benzene rings is 2. The molecule has 0 aliphatic carbocycles. The lowest BCUT2D eigenvalue weighted by Crippen LogP contribution is -2.50. The molecule has 162 valence electrons. The summed E-state index contributed by atoms with van der Waals surface area (Å²) in [5.41, 5.74) is 2.79. The first-order valence-electron chi connectivity index (χ1n) is 10.3. The highest BCUT2D eigenvalue weighted by atomic mass is 19.1. The summed E-state index contributed by atoms with van der Waals surface area (Å²) < 4.78 is 19.0. The summed E-state index contributed by atoms with van der Waals surface area (Å²) in [6.07, 6.45) is 0.792. The van der Waals surface area contributed by atoms with Gasteiger partial charge in [-0.25, -0.2) is 4.39 Å². The van der Waals surface area contributed by atoms with Crippen LogP contribution in [-0.4, -0.2) is 35.4 Å². The third-order valence-electron chi connectivity index (χ3n) is 5.12. The van der Waals surface area contributed by atoms with Crippen molar-refractivity contribution in [3.63, 3.8) is 0 Å². The van der Waals surface area contributed by atoms with Crippen LogP contribution in [0.3, 0.4) is 0 Å². The maximum Gasteiger partial charge on any atom is 0.261 e. The van der Waals surface area contributed by atoms with E-state index in [1.807, 2.05) is 45.9 Å². The highest BCUT2D eigenvalue weighted by Crippen LogP contribution is 2.19. The van der Waals surface area contributed by atoms with Crippen molar-refractivity contribution in [1.29, 1.82) is 0 Å². The van der Waals surface area contributed by atoms with Crippen LogP contribution < -0.4 is 10.1 Å². The Bertz CT molecular complexity index is 867. The Morgan fingerprint density at radius 3 is 2.37 bits per heavy atom. The van der Waals surface area contributed by atoms with Crippen molar-refractivity contribution in [3.05, 3.63) is 65.0 Å². The molecule has 0 saturated heterocycles. The van der Waals surface area contributed by atoms with Gasteiger partial charge in [-0.3, -0.25) is 9.59 Å². The lowest BCUT2D eigenvalue weighted by atomic mass is 10.1. The fraction of sp³-hybridized carbons (Fsp3) is 0.417. The summed E-state index contributed by atoms with van der Waals surface area (Å²) in [4.78, 5) is 27.1. The predicted molar refractivity (Wildman–Crippen MR) is 116 cm³/mol. The highest BCUT2D eigenvalue weighted by molar-refractivity contribution is 5.88. The summed E-state index contributed by atoms with van der Waals surface area (Å²) in [5, 5.41) is 2.92. The average molecular weight is 415 g/mol. The van der Waals surface area contributed by atoms with Crippen molar-refractivity contribution in [3.8, 4) is 5.75 Å². The molecular formula is C24H31FN2O3. The van der Waals surface area contributed by atoms with E-state index in [0.717, 1.165) is 23.1 Å². The van der Waals surface area contributed by atoms with Gasteiger partial charge >= 0.3 is 0 Å². The lowest BCUT2D eigenvalue weighted by molar-refractivity contribution is -0.142. The zero-order valence-corrected chi connectivity index (χ0v) is 18.4. The summed E-state index contributed by atoms with van der Waals surface area (Å²) >= 11 is 0. The molecular weight excluding hydrogens is 383 g/mol. The molecule has 0 bridgehead atoms. The Morgan fingerprint density at radius 1 is 1.10 bits per heavy atom. The fourth-order valence-electron chi connectivity index (χ4n) is 3.02. The van der Waals surface area contributed by atoms with E-state index in [9.17, 15) is 14.0 Å². The molecule has 1 N–H and O–H groups in total. The Balaban J connectivity index is 2.16. The third kappa shape index (κ3) is 6.58. The second-order valence-corrected chi connectivity index (χ2v) is 7.70. The number of halogens is 1. The van der Waals surface area contributed by atoms with Crippen molar-refractivity contribution >= 4 is 11.8 Å². The Hall–Kier alpha value is -2.89. The van der Waals surface area contributed by atoms with E-state index in [4.69, 9.17) is 4.74 Å². The van der Waals surface area contributed by atoms with E-state index in [1.165, 1.54) is 17.0 Å². The van der Waals surface area contributed by atoms with Crippen LogP contribution in [0.1, 0.15) is 43.9 Å². The topological polar surface area (TPSA) is 58.6 Å². The van der Waals surface area contributed by atoms with Gasteiger partial charge in [0.25, 0.3) is 5.91 Å². The summed E-state index contributed by atoms with van der Waals surface area (Å²) in [7, 11) is 0. The van der Waals surface area contributed by atoms with Gasteiger partial charge in [-0.1, -0.05) is 36.8 Å². The molecule has 2 rings (SSSR count). The van der Waals surface area contributed by atoms with Crippen LogP contribution in [0, 0.1) is 19.7 Å². The first kappa shape index (κ1) is 23.4. The maximum absolute atomic E-state index is 13.3. The van der Waals surface area contributed by atoms with Gasteiger partial charge in [0.1, 0.15) is 17.6 Å². The standard InChI is InChI=1S/C24H31FN2O3/c1-6-18(4)26-24(29)19(5)27(14-20-8-10-21(25)11-9-20)23(28)15-30-22-12-7-16(2)13-17(22)3/h7-13,18-19H,6,14-15H2,1-5H3,(H,26,29). The minimum atomic E-state index is -0.695. The molecule has 0 heterocycles. The van der Waals surface area contributed by atoms with Crippen molar-refractivity contribution in [2.45, 2.75) is 59.7 Å². The SMILES string of the molecule is CCC(C)NC(=O)C(C)N(Cc1ccc(F)cc1)C(=O)COc1ccc(C)cc1C. The van der Waals surface area contributed by atoms with E-state index < -0.39 is 6.04 Å². The van der Waals surface area contributed by atoms with Crippen LogP contribution in [0.15, 0.2) is 42.5 Å². The Kier molecular flexibility index (Phi) is 8.39. The number of aryl methyl sites for hydroxylation is 2. The largest absolute Gasteiger partial charge is 0.483 e. The van der Waals surface area contributed by atoms with E-state index >= 15 is 0 Å². The number of rotatable bonds is 9. The van der Waals surface area contributed by atoms with E-state index in [-0.39, 0.29) is 36.8 Å². The first-order valence-corrected chi connectivity index (χ1v) is 10.3. The molecule has 6 heteroatoms. The molecule has 0 aliphatic rings. The Labute approximate surface area is 178 Å². The Morgan fingerprint density at radius 2 is 1.77 bits per heavy atom. The summed E-state index contributed by atoms with van der Waals surface area (Å²) in [5.74, 6) is -0.262. The van der Waals surface area contributed by atoms with E-state index in [2.05, 4.69) is 5.32 Å². The summed E-state index contributed by atoms with van der Waals surface area (Å²) in [6.45, 7) is 9.50. The van der Waals surface area contributed by atoms with Crippen LogP contribution >= 0.6 is 0 Å². The fourth-order valence-corrected chi connectivity index (χ4v) is 3.02. The smallest absolute Gasteiger partial charge is 0.261 e. The number of carbonyl (C=O) groups excluding carboxylic acids is 2. The minimum Gasteiger partial charge on any atom is -0.483 e. The van der Waals surface area contributed by atoms with E-state index in [0.29, 0.717) is 5.75 Å². The second kappa shape index (κ2) is 10.8. The minimum absolute atomic E-state index is 0.00850. The molecule has 2 aromatic rings. The molecule has 0 saturated carbocycles. The number of hydrogen-bond donors (Lipinski definition) is 1. The van der Waals surface area contributed by atoms with Crippen LogP contribution in [0.2, 0.25) is 0 Å². The molecule has 0 spiro atoms. The van der Waals surface area contributed by atoms with Gasteiger partial charge in [0.2, 0.25) is 5.91 Å². The van der Waals surface area contributed by atoms with Gasteiger partial charge in [-0.2, -0.15) is 0 Å². The molecule has 0 radical (unpaired) electrons. The van der Waals surface area contributed by atoms with Crippen molar-refractivity contribution < 1.29 is 18.7 Å². The number of nitrogens with one attached hydrogen (secondary N) is 1. The van der Waals surface area contributed by atoms with Gasteiger partial charge in [-0.15, -0.1) is 0 Å². The predicted octanol–water partition coefficient (Wildman–Crippen LogP) is 4.15. The number of amides is 2. The number of carbonyl (C=O) groups is 2. The highest BCUT2D eigenvalue weighted by Gasteiger charge is 2.27.